The quantitative estimate of drug-likeness (QED) is 0.795. The minimum absolute atomic E-state index is 0.596. The molecule has 0 saturated carbocycles. The molecule has 0 aliphatic heterocycles. The van der Waals surface area contributed by atoms with Crippen molar-refractivity contribution in [3.05, 3.63) is 54.6 Å². The zero-order valence-electron chi connectivity index (χ0n) is 9.67. The highest BCUT2D eigenvalue weighted by Crippen LogP contribution is 2.10. The van der Waals surface area contributed by atoms with Crippen LogP contribution in [-0.4, -0.2) is 9.97 Å². The summed E-state index contributed by atoms with van der Waals surface area (Å²) in [6, 6.07) is 7.56. The van der Waals surface area contributed by atoms with Crippen molar-refractivity contribution in [1.82, 2.24) is 9.97 Å². The summed E-state index contributed by atoms with van der Waals surface area (Å²) >= 11 is 0. The Labute approximate surface area is 96.4 Å². The molecule has 84 valence electrons. The molecule has 2 aromatic heterocycles. The van der Waals surface area contributed by atoms with Crippen molar-refractivity contribution in [3.63, 3.8) is 0 Å². The summed E-state index contributed by atoms with van der Waals surface area (Å²) in [6.45, 7) is 4.33. The lowest BCUT2D eigenvalue weighted by molar-refractivity contribution is 0.858. The summed E-state index contributed by atoms with van der Waals surface area (Å²) in [5.41, 5.74) is 7.38. The Morgan fingerprint density at radius 1 is 1.00 bits per heavy atom. The Hall–Kier alpha value is -1.90. The van der Waals surface area contributed by atoms with Crippen LogP contribution in [0.5, 0.6) is 0 Å². The Morgan fingerprint density at radius 2 is 1.69 bits per heavy atom. The van der Waals surface area contributed by atoms with Crippen LogP contribution in [0.4, 0.5) is 5.69 Å². The van der Waals surface area contributed by atoms with Gasteiger partial charge in [-0.2, -0.15) is 0 Å². The molecule has 0 amide bonds. The highest BCUT2D eigenvalue weighted by molar-refractivity contribution is 5.33. The van der Waals surface area contributed by atoms with E-state index in [0.717, 1.165) is 5.69 Å². The molecule has 16 heavy (non-hydrogen) atoms. The molecule has 2 N–H and O–H groups in total. The van der Waals surface area contributed by atoms with E-state index in [1.54, 1.807) is 30.7 Å². The van der Waals surface area contributed by atoms with Crippen molar-refractivity contribution in [2.24, 2.45) is 0 Å². The second-order valence-corrected chi connectivity index (χ2v) is 3.72. The molecule has 0 bridgehead atoms. The normalized spacial score (nSPS) is 9.44. The van der Waals surface area contributed by atoms with E-state index >= 15 is 0 Å². The summed E-state index contributed by atoms with van der Waals surface area (Å²) in [7, 11) is 0. The van der Waals surface area contributed by atoms with E-state index in [0.29, 0.717) is 5.92 Å². The molecule has 2 heterocycles. The molecule has 0 aromatic carbocycles. The Balaban J connectivity index is 0.000000165. The number of pyridine rings is 2. The topological polar surface area (TPSA) is 51.8 Å². The minimum atomic E-state index is 0.596. The predicted molar refractivity (Wildman–Crippen MR) is 67.0 cm³/mol. The van der Waals surface area contributed by atoms with Gasteiger partial charge in [0.1, 0.15) is 0 Å². The van der Waals surface area contributed by atoms with Crippen LogP contribution in [0.15, 0.2) is 49.1 Å². The zero-order chi connectivity index (χ0) is 11.8. The van der Waals surface area contributed by atoms with Crippen LogP contribution >= 0.6 is 0 Å². The van der Waals surface area contributed by atoms with E-state index in [1.165, 1.54) is 5.56 Å². The second kappa shape index (κ2) is 6.56. The molecule has 0 fully saturated rings. The third-order valence-electron chi connectivity index (χ3n) is 2.06. The molecule has 2 aromatic rings. The molecule has 3 nitrogen and oxygen atoms in total. The van der Waals surface area contributed by atoms with Gasteiger partial charge in [0, 0.05) is 30.5 Å². The fraction of sp³-hybridized carbons (Fsp3) is 0.231. The van der Waals surface area contributed by atoms with Crippen LogP contribution in [0.25, 0.3) is 0 Å². The highest BCUT2D eigenvalue weighted by Gasteiger charge is 1.94. The van der Waals surface area contributed by atoms with Crippen molar-refractivity contribution in [2.75, 3.05) is 5.73 Å². The van der Waals surface area contributed by atoms with E-state index in [4.69, 9.17) is 5.73 Å². The first-order valence-electron chi connectivity index (χ1n) is 5.25. The number of nitrogen functional groups attached to an aromatic ring is 1. The van der Waals surface area contributed by atoms with Gasteiger partial charge in [-0.1, -0.05) is 19.9 Å². The van der Waals surface area contributed by atoms with Gasteiger partial charge in [-0.15, -0.1) is 0 Å². The Bertz CT molecular complexity index is 384. The summed E-state index contributed by atoms with van der Waals surface area (Å²) in [4.78, 5) is 7.77. The van der Waals surface area contributed by atoms with Crippen LogP contribution in [0.3, 0.4) is 0 Å². The smallest absolute Gasteiger partial charge is 0.0344 e. The van der Waals surface area contributed by atoms with Gasteiger partial charge in [0.25, 0.3) is 0 Å². The number of rotatable bonds is 1. The number of nitrogens with two attached hydrogens (primary N) is 1. The van der Waals surface area contributed by atoms with Crippen LogP contribution in [0.1, 0.15) is 25.3 Å². The monoisotopic (exact) mass is 215 g/mol. The summed E-state index contributed by atoms with van der Waals surface area (Å²) in [6.07, 6.45) is 7.03. The van der Waals surface area contributed by atoms with Crippen molar-refractivity contribution in [3.8, 4) is 0 Å². The fourth-order valence-electron chi connectivity index (χ4n) is 1.08. The largest absolute Gasteiger partial charge is 0.399 e. The molecule has 0 atom stereocenters. The molecule has 3 heteroatoms. The number of hydrogen-bond acceptors (Lipinski definition) is 3. The molecule has 0 aliphatic carbocycles. The van der Waals surface area contributed by atoms with Gasteiger partial charge >= 0.3 is 0 Å². The molecule has 2 rings (SSSR count). The standard InChI is InChI=1S/C8H11N.C5H6N2/c1-7(2)8-4-3-5-9-6-8;6-5-1-3-7-4-2-5/h3-7H,1-2H3;1-4H,(H2,6,7). The average molecular weight is 215 g/mol. The number of hydrogen-bond donors (Lipinski definition) is 1. The maximum Gasteiger partial charge on any atom is 0.0344 e. The third-order valence-corrected chi connectivity index (χ3v) is 2.06. The summed E-state index contributed by atoms with van der Waals surface area (Å²) in [5, 5.41) is 0. The minimum Gasteiger partial charge on any atom is -0.399 e. The van der Waals surface area contributed by atoms with Crippen molar-refractivity contribution < 1.29 is 0 Å². The van der Waals surface area contributed by atoms with Gasteiger partial charge in [0.05, 0.1) is 0 Å². The lowest BCUT2D eigenvalue weighted by Crippen LogP contribution is -1.85. The molecule has 0 spiro atoms. The first-order valence-corrected chi connectivity index (χ1v) is 5.25. The van der Waals surface area contributed by atoms with Crippen LogP contribution in [0.2, 0.25) is 0 Å². The van der Waals surface area contributed by atoms with Crippen LogP contribution in [-0.2, 0) is 0 Å². The number of nitrogens with zero attached hydrogens (tertiary/aromatic N) is 2. The van der Waals surface area contributed by atoms with Gasteiger partial charge in [-0.25, -0.2) is 0 Å². The Kier molecular flexibility index (Phi) is 4.99. The van der Waals surface area contributed by atoms with Crippen molar-refractivity contribution >= 4 is 5.69 Å². The fourth-order valence-corrected chi connectivity index (χ4v) is 1.08. The maximum absolute atomic E-state index is 5.32. The molecular weight excluding hydrogens is 198 g/mol. The van der Waals surface area contributed by atoms with Gasteiger partial charge < -0.3 is 5.73 Å². The zero-order valence-corrected chi connectivity index (χ0v) is 9.67. The first kappa shape index (κ1) is 12.2. The molecule has 0 radical (unpaired) electrons. The highest BCUT2D eigenvalue weighted by atomic mass is 14.6. The summed E-state index contributed by atoms with van der Waals surface area (Å²) in [5.74, 6) is 0.596. The van der Waals surface area contributed by atoms with E-state index in [1.807, 2.05) is 12.3 Å². The Morgan fingerprint density at radius 3 is 2.00 bits per heavy atom. The van der Waals surface area contributed by atoms with E-state index in [2.05, 4.69) is 29.9 Å². The lowest BCUT2D eigenvalue weighted by atomic mass is 10.1. The molecular formula is C13H17N3. The van der Waals surface area contributed by atoms with E-state index < -0.39 is 0 Å². The molecule has 0 aliphatic rings. The molecule has 0 saturated heterocycles. The van der Waals surface area contributed by atoms with Crippen LogP contribution in [0, 0.1) is 0 Å². The maximum atomic E-state index is 5.32. The van der Waals surface area contributed by atoms with Crippen LogP contribution < -0.4 is 5.73 Å². The SMILES string of the molecule is CC(C)c1cccnc1.Nc1ccncc1. The van der Waals surface area contributed by atoms with E-state index in [9.17, 15) is 0 Å². The van der Waals surface area contributed by atoms with Crippen molar-refractivity contribution in [2.45, 2.75) is 19.8 Å². The number of aromatic nitrogens is 2. The van der Waals surface area contributed by atoms with Gasteiger partial charge in [0.2, 0.25) is 0 Å². The van der Waals surface area contributed by atoms with Gasteiger partial charge in [-0.05, 0) is 29.7 Å². The first-order chi connectivity index (χ1) is 7.70. The number of anilines is 1. The second-order valence-electron chi connectivity index (χ2n) is 3.72. The van der Waals surface area contributed by atoms with Crippen molar-refractivity contribution in [1.29, 1.82) is 0 Å². The average Bonchev–Trinajstić information content (AvgIpc) is 2.32. The lowest BCUT2D eigenvalue weighted by Gasteiger charge is -2.00. The predicted octanol–water partition coefficient (Wildman–Crippen LogP) is 2.87. The van der Waals surface area contributed by atoms with E-state index in [-0.39, 0.29) is 0 Å². The summed E-state index contributed by atoms with van der Waals surface area (Å²) < 4.78 is 0. The van der Waals surface area contributed by atoms with Gasteiger partial charge in [0.15, 0.2) is 0 Å². The van der Waals surface area contributed by atoms with Gasteiger partial charge in [-0.3, -0.25) is 9.97 Å². The molecule has 0 unspecified atom stereocenters. The third kappa shape index (κ3) is 4.55.